The number of benzene rings is 9. The Labute approximate surface area is 384 Å². The van der Waals surface area contributed by atoms with Gasteiger partial charge in [-0.1, -0.05) is 146 Å². The van der Waals surface area contributed by atoms with Crippen molar-refractivity contribution in [3.05, 3.63) is 218 Å². The Morgan fingerprint density at radius 3 is 1.60 bits per heavy atom. The molecule has 0 fully saturated rings. The fourth-order valence-corrected chi connectivity index (χ4v) is 9.67. The first-order valence-electron chi connectivity index (χ1n) is 22.1. The van der Waals surface area contributed by atoms with Gasteiger partial charge in [-0.25, -0.2) is 19.8 Å². The quantitative estimate of drug-likeness (QED) is 0.122. The largest absolute Gasteiger partial charge is 0.456 e. The molecule has 7 nitrogen and oxygen atoms in total. The molecule has 0 aliphatic carbocycles. The third kappa shape index (κ3) is 6.39. The molecule has 7 heteroatoms. The Bertz CT molecular complexity index is 4170. The van der Waals surface area contributed by atoms with Crippen LogP contribution in [0.3, 0.4) is 0 Å². The maximum Gasteiger partial charge on any atom is 0.187 e. The lowest BCUT2D eigenvalue weighted by Crippen LogP contribution is -2.00. The maximum absolute atomic E-state index is 7.44. The first kappa shape index (κ1) is 38.1. The normalized spacial score (nSPS) is 11.6. The smallest absolute Gasteiger partial charge is 0.187 e. The molecule has 0 saturated carbocycles. The number of hydrogen-bond acceptors (Lipinski definition) is 6. The molecule has 13 aromatic rings. The summed E-state index contributed by atoms with van der Waals surface area (Å²) < 4.78 is 6.29. The molecule has 0 atom stereocenters. The molecular formula is C60H34N6O. The summed E-state index contributed by atoms with van der Waals surface area (Å²) in [6, 6.07) is 66.4. The van der Waals surface area contributed by atoms with E-state index < -0.39 is 0 Å². The van der Waals surface area contributed by atoms with E-state index in [2.05, 4.69) is 108 Å². The van der Waals surface area contributed by atoms with Crippen LogP contribution in [-0.4, -0.2) is 24.9 Å². The molecule has 0 amide bonds. The minimum absolute atomic E-state index is 0.557. The maximum atomic E-state index is 7.44. The van der Waals surface area contributed by atoms with Crippen molar-refractivity contribution in [3.63, 3.8) is 0 Å². The highest BCUT2D eigenvalue weighted by Gasteiger charge is 2.20. The van der Waals surface area contributed by atoms with Crippen LogP contribution in [0.15, 0.2) is 211 Å². The van der Waals surface area contributed by atoms with Gasteiger partial charge >= 0.3 is 0 Å². The van der Waals surface area contributed by atoms with Crippen LogP contribution in [0.1, 0.15) is 0 Å². The van der Waals surface area contributed by atoms with Gasteiger partial charge in [0.05, 0.1) is 17.6 Å². The SMILES string of the molecule is [C-]#[N+]c1ccc(-c2ccc(-c3cc4c5cccnc5c(-c5cccc(-c6nc(-c7ccccc7)nc(-c7ccc8c(c7)oc7ccccc78)n6)c5)cc4c4cccnc34)c3ccccc23)cc1. The molecule has 0 aliphatic heterocycles. The monoisotopic (exact) mass is 854 g/mol. The molecule has 0 spiro atoms. The van der Waals surface area contributed by atoms with Crippen molar-refractivity contribution in [2.75, 3.05) is 0 Å². The Morgan fingerprint density at radius 1 is 0.328 bits per heavy atom. The van der Waals surface area contributed by atoms with Crippen LogP contribution in [0, 0.1) is 6.57 Å². The number of fused-ring (bicyclic) bond motifs is 9. The van der Waals surface area contributed by atoms with Crippen LogP contribution in [0.25, 0.3) is 138 Å². The highest BCUT2D eigenvalue weighted by Crippen LogP contribution is 2.44. The van der Waals surface area contributed by atoms with Crippen LogP contribution in [0.5, 0.6) is 0 Å². The lowest BCUT2D eigenvalue weighted by molar-refractivity contribution is 0.669. The first-order valence-corrected chi connectivity index (χ1v) is 22.1. The van der Waals surface area contributed by atoms with Crippen molar-refractivity contribution in [3.8, 4) is 67.5 Å². The summed E-state index contributed by atoms with van der Waals surface area (Å²) in [6.45, 7) is 7.44. The summed E-state index contributed by atoms with van der Waals surface area (Å²) in [5.41, 5.74) is 13.0. The third-order valence-electron chi connectivity index (χ3n) is 12.8. The first-order chi connectivity index (χ1) is 33.1. The molecule has 0 bridgehead atoms. The van der Waals surface area contributed by atoms with Crippen molar-refractivity contribution >= 4 is 71.0 Å². The van der Waals surface area contributed by atoms with E-state index in [1.807, 2.05) is 103 Å². The van der Waals surface area contributed by atoms with Crippen molar-refractivity contribution in [1.29, 1.82) is 0 Å². The number of pyridine rings is 2. The molecule has 0 radical (unpaired) electrons. The predicted octanol–water partition coefficient (Wildman–Crippen LogP) is 15.7. The van der Waals surface area contributed by atoms with Gasteiger partial charge < -0.3 is 4.42 Å². The van der Waals surface area contributed by atoms with Gasteiger partial charge in [0.25, 0.3) is 0 Å². The lowest BCUT2D eigenvalue weighted by Gasteiger charge is -2.17. The number of hydrogen-bond donors (Lipinski definition) is 0. The van der Waals surface area contributed by atoms with Gasteiger partial charge in [-0.05, 0) is 92.3 Å². The van der Waals surface area contributed by atoms with E-state index >= 15 is 0 Å². The average Bonchev–Trinajstić information content (AvgIpc) is 3.78. The van der Waals surface area contributed by atoms with Gasteiger partial charge in [-0.15, -0.1) is 0 Å². The van der Waals surface area contributed by atoms with Crippen LogP contribution >= 0.6 is 0 Å². The van der Waals surface area contributed by atoms with E-state index in [9.17, 15) is 0 Å². The third-order valence-corrected chi connectivity index (χ3v) is 12.8. The molecule has 0 N–H and O–H groups in total. The minimum atomic E-state index is 0.557. The second-order valence-corrected chi connectivity index (χ2v) is 16.7. The number of para-hydroxylation sites is 1. The summed E-state index contributed by atoms with van der Waals surface area (Å²) in [6.07, 6.45) is 3.74. The topological polar surface area (TPSA) is 82.0 Å². The number of aromatic nitrogens is 5. The molecule has 310 valence electrons. The van der Waals surface area contributed by atoms with Gasteiger partial charge in [0, 0.05) is 61.8 Å². The Kier molecular flexibility index (Phi) is 8.76. The standard InChI is InChI=1S/C60H34N6O/c1-61-41-25-22-36(23-26-41)42-28-29-45(44-17-6-5-16-43(42)44)53-35-52-48-19-10-30-62-56(48)50(34-51(52)49-20-11-31-63-57(49)53)38-14-9-15-39(32-38)59-64-58(37-12-3-2-4-13-37)65-60(66-59)40-24-27-47-46-18-7-8-21-54(46)67-55(47)33-40/h2-35H. The van der Waals surface area contributed by atoms with Crippen molar-refractivity contribution in [2.45, 2.75) is 0 Å². The fraction of sp³-hybridized carbons (Fsp3) is 0. The molecule has 4 aromatic heterocycles. The van der Waals surface area contributed by atoms with Gasteiger partial charge in [-0.3, -0.25) is 9.97 Å². The van der Waals surface area contributed by atoms with Gasteiger partial charge in [0.1, 0.15) is 11.2 Å². The zero-order chi connectivity index (χ0) is 44.4. The Hall–Kier alpha value is -9.38. The van der Waals surface area contributed by atoms with Crippen molar-refractivity contribution in [1.82, 2.24) is 24.9 Å². The fourth-order valence-electron chi connectivity index (χ4n) is 9.67. The molecule has 13 rings (SSSR count). The zero-order valence-electron chi connectivity index (χ0n) is 35.7. The summed E-state index contributed by atoms with van der Waals surface area (Å²) in [5.74, 6) is 1.70. The van der Waals surface area contributed by atoms with E-state index in [0.717, 1.165) is 115 Å². The van der Waals surface area contributed by atoms with Gasteiger partial charge in [-0.2, -0.15) is 0 Å². The summed E-state index contributed by atoms with van der Waals surface area (Å²) in [5, 5.41) is 8.66. The van der Waals surface area contributed by atoms with Crippen LogP contribution < -0.4 is 0 Å². The van der Waals surface area contributed by atoms with Gasteiger partial charge in [0.2, 0.25) is 0 Å². The van der Waals surface area contributed by atoms with Crippen LogP contribution in [-0.2, 0) is 0 Å². The minimum Gasteiger partial charge on any atom is -0.456 e. The second kappa shape index (κ2) is 15.4. The highest BCUT2D eigenvalue weighted by molar-refractivity contribution is 6.23. The summed E-state index contributed by atoms with van der Waals surface area (Å²) in [7, 11) is 0. The van der Waals surface area contributed by atoms with Gasteiger partial charge in [0.15, 0.2) is 23.2 Å². The van der Waals surface area contributed by atoms with E-state index in [4.69, 9.17) is 35.9 Å². The van der Waals surface area contributed by atoms with Crippen LogP contribution in [0.2, 0.25) is 0 Å². The molecule has 67 heavy (non-hydrogen) atoms. The summed E-state index contributed by atoms with van der Waals surface area (Å²) >= 11 is 0. The van der Waals surface area contributed by atoms with E-state index in [1.54, 1.807) is 0 Å². The highest BCUT2D eigenvalue weighted by atomic mass is 16.3. The van der Waals surface area contributed by atoms with E-state index in [1.165, 1.54) is 0 Å². The molecule has 9 aromatic carbocycles. The number of rotatable bonds is 6. The molecule has 0 saturated heterocycles. The predicted molar refractivity (Wildman–Crippen MR) is 272 cm³/mol. The molecule has 4 heterocycles. The Morgan fingerprint density at radius 2 is 0.866 bits per heavy atom. The lowest BCUT2D eigenvalue weighted by atomic mass is 9.88. The second-order valence-electron chi connectivity index (χ2n) is 16.7. The molecular weight excluding hydrogens is 821 g/mol. The Balaban J connectivity index is 0.972. The summed E-state index contributed by atoms with van der Waals surface area (Å²) in [4.78, 5) is 29.0. The zero-order valence-corrected chi connectivity index (χ0v) is 35.7. The number of furan rings is 1. The number of nitrogens with zero attached hydrogens (tertiary/aromatic N) is 6. The molecule has 0 aliphatic rings. The van der Waals surface area contributed by atoms with E-state index in [0.29, 0.717) is 23.2 Å². The van der Waals surface area contributed by atoms with Crippen molar-refractivity contribution in [2.24, 2.45) is 0 Å². The average molecular weight is 855 g/mol. The van der Waals surface area contributed by atoms with Crippen LogP contribution in [0.4, 0.5) is 5.69 Å². The van der Waals surface area contributed by atoms with Crippen molar-refractivity contribution < 1.29 is 4.42 Å². The van der Waals surface area contributed by atoms with E-state index in [-0.39, 0.29) is 0 Å². The molecule has 0 unspecified atom stereocenters.